The van der Waals surface area contributed by atoms with Gasteiger partial charge in [0.2, 0.25) is 0 Å². The predicted molar refractivity (Wildman–Crippen MR) is 123 cm³/mol. The highest BCUT2D eigenvalue weighted by atomic mass is 79.9. The molecule has 0 aromatic heterocycles. The molecule has 3 rings (SSSR count). The zero-order valence-corrected chi connectivity index (χ0v) is 21.0. The molecule has 40 heavy (non-hydrogen) atoms. The number of allylic oxidation sites excluding steroid dienone is 2. The van der Waals surface area contributed by atoms with Gasteiger partial charge in [-0.2, -0.15) is 39.5 Å². The molecule has 16 heteroatoms. The first kappa shape index (κ1) is 31.1. The highest BCUT2D eigenvalue weighted by molar-refractivity contribution is 9.10. The number of benzene rings is 2. The summed E-state index contributed by atoms with van der Waals surface area (Å²) in [5.41, 5.74) is -13.2. The van der Waals surface area contributed by atoms with Crippen molar-refractivity contribution in [1.29, 1.82) is 0 Å². The number of carbonyl (C=O) groups excluding carboxylic acids is 2. The zero-order chi connectivity index (χ0) is 30.3. The van der Waals surface area contributed by atoms with Crippen molar-refractivity contribution in [3.05, 3.63) is 81.1 Å². The number of alkyl halides is 10. The van der Waals surface area contributed by atoms with E-state index in [0.717, 1.165) is 12.1 Å². The van der Waals surface area contributed by atoms with Crippen molar-refractivity contribution in [2.45, 2.75) is 37.0 Å². The van der Waals surface area contributed by atoms with E-state index in [1.54, 1.807) is 17.5 Å². The first-order valence-corrected chi connectivity index (χ1v) is 11.6. The molecule has 0 radical (unpaired) electrons. The lowest BCUT2D eigenvalue weighted by Gasteiger charge is -2.31. The monoisotopic (exact) mass is 650 g/mol. The van der Waals surface area contributed by atoms with Crippen molar-refractivity contribution in [3.8, 4) is 0 Å². The molecule has 0 heterocycles. The first-order valence-electron chi connectivity index (χ1n) is 10.8. The number of amides is 2. The molecule has 1 aliphatic rings. The van der Waals surface area contributed by atoms with Gasteiger partial charge in [-0.05, 0) is 59.1 Å². The maximum absolute atomic E-state index is 14.5. The van der Waals surface area contributed by atoms with Gasteiger partial charge >= 0.3 is 24.2 Å². The summed E-state index contributed by atoms with van der Waals surface area (Å²) in [7, 11) is 0. The summed E-state index contributed by atoms with van der Waals surface area (Å²) >= 11 is 2.37. The first-order chi connectivity index (χ1) is 18.3. The number of hydrogen-bond donors (Lipinski definition) is 2. The van der Waals surface area contributed by atoms with Gasteiger partial charge in [0.15, 0.2) is 0 Å². The third kappa shape index (κ3) is 6.15. The van der Waals surface area contributed by atoms with Crippen molar-refractivity contribution in [3.63, 3.8) is 0 Å². The maximum atomic E-state index is 14.5. The SMILES string of the molecule is O=C(Nc1cc(C(=O)Nc2c(Br)cc(C(F)(C(F)(F)F)C(F)(F)F)cc2C(F)(F)F)ccc1F)C1=CCCC=C1. The van der Waals surface area contributed by atoms with Crippen LogP contribution in [0.2, 0.25) is 0 Å². The molecule has 216 valence electrons. The molecule has 0 spiro atoms. The van der Waals surface area contributed by atoms with Gasteiger partial charge in [0, 0.05) is 21.2 Å². The summed E-state index contributed by atoms with van der Waals surface area (Å²) in [5.74, 6) is -3.23. The number of nitrogens with one attached hydrogen (secondary N) is 2. The fraction of sp³-hybridized carbons (Fsp3) is 0.250. The fourth-order valence-electron chi connectivity index (χ4n) is 3.57. The van der Waals surface area contributed by atoms with Crippen molar-refractivity contribution in [2.75, 3.05) is 10.6 Å². The summed E-state index contributed by atoms with van der Waals surface area (Å²) in [5, 5.41) is 3.85. The summed E-state index contributed by atoms with van der Waals surface area (Å²) < 4.78 is 147. The molecule has 2 aromatic rings. The predicted octanol–water partition coefficient (Wildman–Crippen LogP) is 8.36. The van der Waals surface area contributed by atoms with E-state index in [1.807, 2.05) is 0 Å². The van der Waals surface area contributed by atoms with E-state index in [2.05, 4.69) is 21.2 Å². The molecule has 4 nitrogen and oxygen atoms in total. The third-order valence-corrected chi connectivity index (χ3v) is 6.17. The number of rotatable bonds is 5. The molecule has 0 saturated heterocycles. The van der Waals surface area contributed by atoms with Crippen molar-refractivity contribution < 1.29 is 57.9 Å². The van der Waals surface area contributed by atoms with Crippen LogP contribution in [-0.2, 0) is 16.6 Å². The van der Waals surface area contributed by atoms with Crippen LogP contribution in [0.1, 0.15) is 34.3 Å². The average molecular weight is 651 g/mol. The fourth-order valence-corrected chi connectivity index (χ4v) is 4.13. The number of carbonyl (C=O) groups is 2. The summed E-state index contributed by atoms with van der Waals surface area (Å²) in [6.07, 6.45) is -13.2. The molecule has 0 aliphatic heterocycles. The Labute approximate surface area is 226 Å². The molecule has 2 N–H and O–H groups in total. The molecule has 0 atom stereocenters. The number of anilines is 2. The van der Waals surface area contributed by atoms with Crippen molar-refractivity contribution >= 4 is 39.1 Å². The third-order valence-electron chi connectivity index (χ3n) is 5.55. The minimum atomic E-state index is -6.70. The van der Waals surface area contributed by atoms with Crippen LogP contribution in [-0.4, -0.2) is 24.2 Å². The smallest absolute Gasteiger partial charge is 0.320 e. The van der Waals surface area contributed by atoms with E-state index >= 15 is 0 Å². The van der Waals surface area contributed by atoms with Gasteiger partial charge in [0.1, 0.15) is 5.82 Å². The molecule has 0 saturated carbocycles. The molecule has 0 bridgehead atoms. The van der Waals surface area contributed by atoms with Crippen LogP contribution in [0, 0.1) is 5.82 Å². The van der Waals surface area contributed by atoms with E-state index in [0.29, 0.717) is 18.9 Å². The molecule has 1 aliphatic carbocycles. The Hall–Kier alpha value is -3.43. The second-order valence-electron chi connectivity index (χ2n) is 8.27. The average Bonchev–Trinajstić information content (AvgIpc) is 2.84. The Bertz CT molecular complexity index is 1380. The molecule has 2 aromatic carbocycles. The van der Waals surface area contributed by atoms with Gasteiger partial charge in [0.05, 0.1) is 16.9 Å². The summed E-state index contributed by atoms with van der Waals surface area (Å²) in [6.45, 7) is 0. The van der Waals surface area contributed by atoms with E-state index in [9.17, 15) is 57.9 Å². The molecular formula is C24H14BrF11N2O2. The van der Waals surface area contributed by atoms with Gasteiger partial charge in [-0.25, -0.2) is 8.78 Å². The van der Waals surface area contributed by atoms with E-state index < -0.39 is 80.4 Å². The Kier molecular flexibility index (Phi) is 8.44. The normalized spacial score (nSPS) is 14.6. The van der Waals surface area contributed by atoms with Crippen LogP contribution >= 0.6 is 15.9 Å². The highest BCUT2D eigenvalue weighted by Crippen LogP contribution is 2.55. The van der Waals surface area contributed by atoms with Crippen LogP contribution in [0.3, 0.4) is 0 Å². The van der Waals surface area contributed by atoms with Crippen LogP contribution < -0.4 is 10.6 Å². The quantitative estimate of drug-likeness (QED) is 0.320. The Morgan fingerprint density at radius 1 is 0.800 bits per heavy atom. The second-order valence-corrected chi connectivity index (χ2v) is 9.13. The molecule has 0 unspecified atom stereocenters. The van der Waals surface area contributed by atoms with Gasteiger partial charge in [-0.15, -0.1) is 0 Å². The highest BCUT2D eigenvalue weighted by Gasteiger charge is 2.73. The Morgan fingerprint density at radius 2 is 1.43 bits per heavy atom. The van der Waals surface area contributed by atoms with E-state index in [1.165, 1.54) is 6.08 Å². The number of hydrogen-bond acceptors (Lipinski definition) is 2. The lowest BCUT2D eigenvalue weighted by molar-refractivity contribution is -0.348. The molecule has 0 fully saturated rings. The van der Waals surface area contributed by atoms with E-state index in [-0.39, 0.29) is 11.6 Å². The minimum Gasteiger partial charge on any atom is -0.320 e. The number of halogens is 12. The molecule has 2 amide bonds. The van der Waals surface area contributed by atoms with Crippen molar-refractivity contribution in [2.24, 2.45) is 0 Å². The maximum Gasteiger partial charge on any atom is 0.435 e. The summed E-state index contributed by atoms with van der Waals surface area (Å²) in [4.78, 5) is 25.0. The van der Waals surface area contributed by atoms with Crippen LogP contribution in [0.4, 0.5) is 59.7 Å². The lowest BCUT2D eigenvalue weighted by Crippen LogP contribution is -2.50. The van der Waals surface area contributed by atoms with Crippen LogP contribution in [0.15, 0.2) is 58.6 Å². The Morgan fingerprint density at radius 3 is 1.95 bits per heavy atom. The van der Waals surface area contributed by atoms with Gasteiger partial charge in [-0.3, -0.25) is 9.59 Å². The van der Waals surface area contributed by atoms with Gasteiger partial charge < -0.3 is 10.6 Å². The van der Waals surface area contributed by atoms with Gasteiger partial charge in [-0.1, -0.05) is 18.2 Å². The van der Waals surface area contributed by atoms with Gasteiger partial charge in [0.25, 0.3) is 11.8 Å². The Balaban J connectivity index is 2.02. The molecular weight excluding hydrogens is 637 g/mol. The standard InChI is InChI=1S/C24H14BrF11N2O2/c25-15-10-13(21(27,23(31,32)33)24(34,35)36)9-14(22(28,29)30)18(15)38-20(40)12-6-7-16(26)17(8-12)37-19(39)11-4-2-1-3-5-11/h2,4-10H,1,3H2,(H,37,39)(H,38,40). The topological polar surface area (TPSA) is 58.2 Å². The van der Waals surface area contributed by atoms with Crippen LogP contribution in [0.5, 0.6) is 0 Å². The minimum absolute atomic E-state index is 0.168. The lowest BCUT2D eigenvalue weighted by atomic mass is 9.92. The van der Waals surface area contributed by atoms with Crippen molar-refractivity contribution in [1.82, 2.24) is 0 Å². The largest absolute Gasteiger partial charge is 0.435 e. The zero-order valence-electron chi connectivity index (χ0n) is 19.4. The van der Waals surface area contributed by atoms with Crippen LogP contribution in [0.25, 0.3) is 0 Å². The summed E-state index contributed by atoms with van der Waals surface area (Å²) in [6, 6.07) is 1.29. The van der Waals surface area contributed by atoms with E-state index in [4.69, 9.17) is 0 Å². The second kappa shape index (κ2) is 10.9.